The van der Waals surface area contributed by atoms with Gasteiger partial charge in [0.15, 0.2) is 0 Å². The van der Waals surface area contributed by atoms with E-state index < -0.39 is 0 Å². The summed E-state index contributed by atoms with van der Waals surface area (Å²) >= 11 is 1.56. The summed E-state index contributed by atoms with van der Waals surface area (Å²) in [6.45, 7) is 0.833. The van der Waals surface area contributed by atoms with Gasteiger partial charge in [-0.15, -0.1) is 11.3 Å². The molecule has 0 aliphatic rings. The maximum absolute atomic E-state index is 11.5. The van der Waals surface area contributed by atoms with Gasteiger partial charge < -0.3 is 5.73 Å². The Balaban J connectivity index is 2.17. The van der Waals surface area contributed by atoms with E-state index in [4.69, 9.17) is 5.73 Å². The largest absolute Gasteiger partial charge is 0.320 e. The number of rotatable bonds is 2. The number of aromatic nitrogens is 2. The van der Waals surface area contributed by atoms with Crippen LogP contribution in [-0.4, -0.2) is 16.3 Å². The SMILES string of the molecule is NCC#Cc1csc(Cn2ncccc2=O)c1. The summed E-state index contributed by atoms with van der Waals surface area (Å²) in [4.78, 5) is 12.5. The minimum absolute atomic E-state index is 0.101. The number of hydrogen-bond acceptors (Lipinski definition) is 4. The molecular formula is C12H11N3OS. The fraction of sp³-hybridized carbons (Fsp3) is 0.167. The molecule has 0 bridgehead atoms. The van der Waals surface area contributed by atoms with Crippen molar-refractivity contribution in [1.29, 1.82) is 0 Å². The Kier molecular flexibility index (Phi) is 3.70. The summed E-state index contributed by atoms with van der Waals surface area (Å²) in [6.07, 6.45) is 1.60. The van der Waals surface area contributed by atoms with Crippen molar-refractivity contribution in [3.8, 4) is 11.8 Å². The Bertz CT molecular complexity index is 618. The zero-order valence-corrected chi connectivity index (χ0v) is 9.91. The molecule has 0 aromatic carbocycles. The predicted molar refractivity (Wildman–Crippen MR) is 67.9 cm³/mol. The van der Waals surface area contributed by atoms with Crippen LogP contribution in [0.1, 0.15) is 10.4 Å². The van der Waals surface area contributed by atoms with Crippen molar-refractivity contribution >= 4 is 11.3 Å². The van der Waals surface area contributed by atoms with Gasteiger partial charge in [-0.1, -0.05) is 11.8 Å². The normalized spacial score (nSPS) is 9.71. The molecule has 0 spiro atoms. The maximum Gasteiger partial charge on any atom is 0.267 e. The van der Waals surface area contributed by atoms with E-state index in [1.165, 1.54) is 10.7 Å². The second-order valence-electron chi connectivity index (χ2n) is 3.33. The molecule has 2 N–H and O–H groups in total. The highest BCUT2D eigenvalue weighted by Gasteiger charge is 2.01. The van der Waals surface area contributed by atoms with E-state index in [-0.39, 0.29) is 5.56 Å². The van der Waals surface area contributed by atoms with Gasteiger partial charge in [0.1, 0.15) is 0 Å². The molecule has 2 rings (SSSR count). The van der Waals surface area contributed by atoms with E-state index >= 15 is 0 Å². The summed E-state index contributed by atoms with van der Waals surface area (Å²) in [5.74, 6) is 5.75. The molecule has 5 heteroatoms. The number of thiophene rings is 1. The van der Waals surface area contributed by atoms with Gasteiger partial charge >= 0.3 is 0 Å². The van der Waals surface area contributed by atoms with Crippen molar-refractivity contribution in [3.63, 3.8) is 0 Å². The smallest absolute Gasteiger partial charge is 0.267 e. The topological polar surface area (TPSA) is 60.9 Å². The average Bonchev–Trinajstić information content (AvgIpc) is 2.77. The summed E-state index contributed by atoms with van der Waals surface area (Å²) < 4.78 is 1.42. The maximum atomic E-state index is 11.5. The summed E-state index contributed by atoms with van der Waals surface area (Å²) in [6, 6.07) is 5.08. The Morgan fingerprint density at radius 1 is 1.53 bits per heavy atom. The van der Waals surface area contributed by atoms with Crippen LogP contribution in [0.5, 0.6) is 0 Å². The minimum atomic E-state index is -0.101. The van der Waals surface area contributed by atoms with Crippen LogP contribution in [0.2, 0.25) is 0 Å². The highest BCUT2D eigenvalue weighted by molar-refractivity contribution is 7.10. The molecule has 0 amide bonds. The number of hydrogen-bond donors (Lipinski definition) is 1. The van der Waals surface area contributed by atoms with Crippen molar-refractivity contribution in [2.45, 2.75) is 6.54 Å². The molecule has 2 aromatic heterocycles. The first-order valence-electron chi connectivity index (χ1n) is 5.08. The molecule has 2 aromatic rings. The van der Waals surface area contributed by atoms with Crippen LogP contribution in [0, 0.1) is 11.8 Å². The van der Waals surface area contributed by atoms with Crippen LogP contribution in [-0.2, 0) is 6.54 Å². The van der Waals surface area contributed by atoms with E-state index in [1.807, 2.05) is 11.4 Å². The van der Waals surface area contributed by atoms with Crippen LogP contribution in [0.25, 0.3) is 0 Å². The first kappa shape index (κ1) is 11.6. The van der Waals surface area contributed by atoms with Gasteiger partial charge in [0.2, 0.25) is 0 Å². The molecular weight excluding hydrogens is 234 g/mol. The van der Waals surface area contributed by atoms with E-state index in [0.29, 0.717) is 13.1 Å². The third-order valence-electron chi connectivity index (χ3n) is 2.08. The summed E-state index contributed by atoms with van der Waals surface area (Å²) in [7, 11) is 0. The molecule has 4 nitrogen and oxygen atoms in total. The van der Waals surface area contributed by atoms with E-state index in [9.17, 15) is 4.79 Å². The summed E-state index contributed by atoms with van der Waals surface area (Å²) in [5.41, 5.74) is 6.13. The number of nitrogens with zero attached hydrogens (tertiary/aromatic N) is 2. The third-order valence-corrected chi connectivity index (χ3v) is 3.00. The zero-order valence-electron chi connectivity index (χ0n) is 9.09. The van der Waals surface area contributed by atoms with Gasteiger partial charge in [0, 0.05) is 28.1 Å². The van der Waals surface area contributed by atoms with Crippen LogP contribution in [0.4, 0.5) is 0 Å². The van der Waals surface area contributed by atoms with Gasteiger partial charge in [-0.25, -0.2) is 4.68 Å². The lowest BCUT2D eigenvalue weighted by Gasteiger charge is -1.99. The molecule has 0 radical (unpaired) electrons. The van der Waals surface area contributed by atoms with E-state index in [2.05, 4.69) is 16.9 Å². The van der Waals surface area contributed by atoms with Crippen LogP contribution < -0.4 is 11.3 Å². The van der Waals surface area contributed by atoms with Crippen molar-refractivity contribution in [2.75, 3.05) is 6.54 Å². The monoisotopic (exact) mass is 245 g/mol. The molecule has 0 saturated heterocycles. The van der Waals surface area contributed by atoms with Crippen LogP contribution >= 0.6 is 11.3 Å². The molecule has 2 heterocycles. The Labute approximate surface area is 103 Å². The Morgan fingerprint density at radius 2 is 2.41 bits per heavy atom. The fourth-order valence-corrected chi connectivity index (χ4v) is 2.13. The van der Waals surface area contributed by atoms with E-state index in [0.717, 1.165) is 10.4 Å². The van der Waals surface area contributed by atoms with Crippen molar-refractivity contribution in [2.24, 2.45) is 5.73 Å². The molecule has 0 atom stereocenters. The van der Waals surface area contributed by atoms with Crippen molar-refractivity contribution in [3.05, 3.63) is 50.6 Å². The molecule has 0 aliphatic heterocycles. The molecule has 0 saturated carbocycles. The quantitative estimate of drug-likeness (QED) is 0.791. The van der Waals surface area contributed by atoms with Gasteiger partial charge in [-0.2, -0.15) is 5.10 Å². The first-order valence-corrected chi connectivity index (χ1v) is 5.96. The average molecular weight is 245 g/mol. The zero-order chi connectivity index (χ0) is 12.1. The second kappa shape index (κ2) is 5.43. The van der Waals surface area contributed by atoms with Crippen LogP contribution in [0.15, 0.2) is 34.6 Å². The van der Waals surface area contributed by atoms with Gasteiger partial charge in [-0.05, 0) is 12.1 Å². The Hall–Kier alpha value is -1.90. The minimum Gasteiger partial charge on any atom is -0.320 e. The number of nitrogens with two attached hydrogens (primary N) is 1. The molecule has 0 unspecified atom stereocenters. The molecule has 86 valence electrons. The highest BCUT2D eigenvalue weighted by Crippen LogP contribution is 2.14. The summed E-state index contributed by atoms with van der Waals surface area (Å²) in [5, 5.41) is 5.95. The van der Waals surface area contributed by atoms with Gasteiger partial charge in [-0.3, -0.25) is 4.79 Å². The standard InChI is InChI=1S/C12H11N3OS/c13-5-1-3-10-7-11(17-9-10)8-15-12(16)4-2-6-14-15/h2,4,6-7,9H,5,8,13H2. The van der Waals surface area contributed by atoms with E-state index in [1.54, 1.807) is 23.6 Å². The Morgan fingerprint density at radius 3 is 3.18 bits per heavy atom. The highest BCUT2D eigenvalue weighted by atomic mass is 32.1. The lowest BCUT2D eigenvalue weighted by Crippen LogP contribution is -2.21. The van der Waals surface area contributed by atoms with Gasteiger partial charge in [0.25, 0.3) is 5.56 Å². The fourth-order valence-electron chi connectivity index (χ4n) is 1.34. The molecule has 0 fully saturated rings. The second-order valence-corrected chi connectivity index (χ2v) is 4.32. The predicted octanol–water partition coefficient (Wildman–Crippen LogP) is 0.663. The van der Waals surface area contributed by atoms with Crippen molar-refractivity contribution in [1.82, 2.24) is 9.78 Å². The molecule has 0 aliphatic carbocycles. The first-order chi connectivity index (χ1) is 8.29. The lowest BCUT2D eigenvalue weighted by atomic mass is 10.3. The molecule has 17 heavy (non-hydrogen) atoms. The van der Waals surface area contributed by atoms with Crippen LogP contribution in [0.3, 0.4) is 0 Å². The lowest BCUT2D eigenvalue weighted by molar-refractivity contribution is 0.645. The van der Waals surface area contributed by atoms with Gasteiger partial charge in [0.05, 0.1) is 13.1 Å². The third kappa shape index (κ3) is 3.03. The van der Waals surface area contributed by atoms with Crippen molar-refractivity contribution < 1.29 is 0 Å².